The lowest BCUT2D eigenvalue weighted by molar-refractivity contribution is -0.0177. The molecule has 6 nitrogen and oxygen atoms in total. The maximum absolute atomic E-state index is 12.8. The highest BCUT2D eigenvalue weighted by Gasteiger charge is 2.42. The topological polar surface area (TPSA) is 82.9 Å². The Hall–Kier alpha value is -2.60. The molecule has 25 heavy (non-hydrogen) atoms. The first-order valence-electron chi connectivity index (χ1n) is 8.25. The largest absolute Gasteiger partial charge is 0.506 e. The van der Waals surface area contributed by atoms with E-state index in [2.05, 4.69) is 4.98 Å². The van der Waals surface area contributed by atoms with Crippen molar-refractivity contribution in [2.45, 2.75) is 31.4 Å². The van der Waals surface area contributed by atoms with Gasteiger partial charge in [0.1, 0.15) is 17.1 Å². The predicted molar refractivity (Wildman–Crippen MR) is 92.5 cm³/mol. The van der Waals surface area contributed by atoms with E-state index in [4.69, 9.17) is 4.74 Å². The molecule has 0 aliphatic carbocycles. The van der Waals surface area contributed by atoms with Gasteiger partial charge in [0.05, 0.1) is 24.9 Å². The van der Waals surface area contributed by atoms with Crippen LogP contribution in [0.3, 0.4) is 0 Å². The van der Waals surface area contributed by atoms with Crippen LogP contribution < -0.4 is 4.74 Å². The molecule has 1 saturated heterocycles. The van der Waals surface area contributed by atoms with E-state index < -0.39 is 5.60 Å². The molecule has 0 radical (unpaired) electrons. The summed E-state index contributed by atoms with van der Waals surface area (Å²) in [7, 11) is 1.59. The van der Waals surface area contributed by atoms with Crippen molar-refractivity contribution in [3.8, 4) is 11.5 Å². The molecule has 2 atom stereocenters. The number of ether oxygens (including phenoxy) is 1. The molecule has 2 aromatic rings. The summed E-state index contributed by atoms with van der Waals surface area (Å²) in [6.45, 7) is 2.29. The van der Waals surface area contributed by atoms with E-state index in [0.717, 1.165) is 12.0 Å². The van der Waals surface area contributed by atoms with Crippen molar-refractivity contribution in [1.82, 2.24) is 9.88 Å². The van der Waals surface area contributed by atoms with Gasteiger partial charge in [-0.15, -0.1) is 0 Å². The zero-order chi connectivity index (χ0) is 18.0. The Morgan fingerprint density at radius 2 is 2.04 bits per heavy atom. The normalized spacial score (nSPS) is 19.5. The minimum Gasteiger partial charge on any atom is -0.506 e. The van der Waals surface area contributed by atoms with Crippen LogP contribution in [0.5, 0.6) is 11.5 Å². The van der Waals surface area contributed by atoms with Crippen LogP contribution in [0.15, 0.2) is 42.7 Å². The molecule has 0 unspecified atom stereocenters. The van der Waals surface area contributed by atoms with Crippen LogP contribution in [0.4, 0.5) is 0 Å². The summed E-state index contributed by atoms with van der Waals surface area (Å²) < 4.78 is 5.16. The van der Waals surface area contributed by atoms with Crippen molar-refractivity contribution in [3.63, 3.8) is 0 Å². The third-order valence-electron chi connectivity index (χ3n) is 4.81. The third kappa shape index (κ3) is 3.30. The number of rotatable bonds is 4. The molecule has 2 N–H and O–H groups in total. The van der Waals surface area contributed by atoms with Crippen LogP contribution >= 0.6 is 0 Å². The van der Waals surface area contributed by atoms with Gasteiger partial charge >= 0.3 is 0 Å². The molecule has 3 rings (SSSR count). The molecule has 1 aliphatic rings. The Kier molecular flexibility index (Phi) is 4.63. The Morgan fingerprint density at radius 3 is 2.68 bits per heavy atom. The number of pyridine rings is 1. The van der Waals surface area contributed by atoms with E-state index in [9.17, 15) is 15.0 Å². The lowest BCUT2D eigenvalue weighted by Crippen LogP contribution is -2.48. The van der Waals surface area contributed by atoms with E-state index >= 15 is 0 Å². The van der Waals surface area contributed by atoms with Gasteiger partial charge in [-0.05, 0) is 43.5 Å². The van der Waals surface area contributed by atoms with Crippen LogP contribution in [0, 0.1) is 0 Å². The second-order valence-electron chi connectivity index (χ2n) is 6.46. The van der Waals surface area contributed by atoms with Crippen LogP contribution in [-0.4, -0.2) is 45.7 Å². The second-order valence-corrected chi connectivity index (χ2v) is 6.46. The first-order valence-corrected chi connectivity index (χ1v) is 8.25. The number of likely N-dealkylation sites (tertiary alicyclic amines) is 1. The van der Waals surface area contributed by atoms with Crippen molar-refractivity contribution in [1.29, 1.82) is 0 Å². The van der Waals surface area contributed by atoms with Gasteiger partial charge in [-0.2, -0.15) is 0 Å². The van der Waals surface area contributed by atoms with Crippen LogP contribution in [0.2, 0.25) is 0 Å². The quantitative estimate of drug-likeness (QED) is 0.891. The fraction of sp³-hybridized carbons (Fsp3) is 0.368. The number of aliphatic hydroxyl groups is 1. The predicted octanol–water partition coefficient (Wildman–Crippen LogP) is 2.31. The molecule has 1 aliphatic heterocycles. The minimum atomic E-state index is -1.19. The highest BCUT2D eigenvalue weighted by atomic mass is 16.5. The zero-order valence-electron chi connectivity index (χ0n) is 14.3. The number of carbonyl (C=O) groups excluding carboxylic acids is 1. The molecule has 0 bridgehead atoms. The van der Waals surface area contributed by atoms with Crippen LogP contribution in [0.1, 0.15) is 35.7 Å². The molecule has 132 valence electrons. The number of aromatic hydroxyl groups is 1. The molecule has 1 aromatic carbocycles. The third-order valence-corrected chi connectivity index (χ3v) is 4.81. The van der Waals surface area contributed by atoms with Gasteiger partial charge in [-0.1, -0.05) is 12.1 Å². The number of aromatic nitrogens is 1. The molecule has 1 amide bonds. The Labute approximate surface area is 146 Å². The summed E-state index contributed by atoms with van der Waals surface area (Å²) >= 11 is 0. The van der Waals surface area contributed by atoms with Gasteiger partial charge in [-0.3, -0.25) is 9.78 Å². The maximum Gasteiger partial charge on any atom is 0.255 e. The number of hydrogen-bond acceptors (Lipinski definition) is 5. The van der Waals surface area contributed by atoms with Crippen LogP contribution in [-0.2, 0) is 5.60 Å². The smallest absolute Gasteiger partial charge is 0.255 e. The Morgan fingerprint density at radius 1 is 1.32 bits per heavy atom. The summed E-state index contributed by atoms with van der Waals surface area (Å²) in [4.78, 5) is 18.4. The number of hydrogen-bond donors (Lipinski definition) is 2. The fourth-order valence-corrected chi connectivity index (χ4v) is 3.43. The van der Waals surface area contributed by atoms with Gasteiger partial charge < -0.3 is 19.8 Å². The van der Waals surface area contributed by atoms with Gasteiger partial charge in [0.15, 0.2) is 0 Å². The second kappa shape index (κ2) is 6.72. The average Bonchev–Trinajstić information content (AvgIpc) is 3.11. The first kappa shape index (κ1) is 17.2. The number of amides is 1. The maximum atomic E-state index is 12.8. The molecule has 1 aromatic heterocycles. The average molecular weight is 342 g/mol. The molecular weight excluding hydrogens is 320 g/mol. The van der Waals surface area contributed by atoms with E-state index in [-0.39, 0.29) is 17.7 Å². The van der Waals surface area contributed by atoms with Crippen molar-refractivity contribution in [2.75, 3.05) is 13.7 Å². The van der Waals surface area contributed by atoms with Crippen molar-refractivity contribution < 1.29 is 19.7 Å². The summed E-state index contributed by atoms with van der Waals surface area (Å²) in [6, 6.07) is 8.27. The van der Waals surface area contributed by atoms with Crippen molar-refractivity contribution in [2.24, 2.45) is 0 Å². The standard InChI is InChI=1S/C19H22N2O4/c1-19(24,14-5-7-16(25-2)8-6-14)17-4-3-9-21(17)18(23)13-10-15(22)12-20-11-13/h5-8,10-12,17,22,24H,3-4,9H2,1-2H3/t17-,19-/m0/s1. The Balaban J connectivity index is 1.87. The lowest BCUT2D eigenvalue weighted by Gasteiger charge is -2.37. The van der Waals surface area contributed by atoms with E-state index in [0.29, 0.717) is 24.3 Å². The molecular formula is C19H22N2O4. The van der Waals surface area contributed by atoms with Gasteiger partial charge in [0, 0.05) is 12.7 Å². The van der Waals surface area contributed by atoms with E-state index in [1.54, 1.807) is 31.1 Å². The molecule has 6 heteroatoms. The van der Waals surface area contributed by atoms with Crippen molar-refractivity contribution in [3.05, 3.63) is 53.9 Å². The highest BCUT2D eigenvalue weighted by Crippen LogP contribution is 2.36. The Bertz CT molecular complexity index is 758. The van der Waals surface area contributed by atoms with Gasteiger partial charge in [0.25, 0.3) is 5.91 Å². The summed E-state index contributed by atoms with van der Waals surface area (Å²) in [5.74, 6) is 0.424. The number of methoxy groups -OCH3 is 1. The monoisotopic (exact) mass is 342 g/mol. The molecule has 2 heterocycles. The summed E-state index contributed by atoms with van der Waals surface area (Å²) in [5.41, 5.74) is -0.146. The van der Waals surface area contributed by atoms with Crippen molar-refractivity contribution >= 4 is 5.91 Å². The summed E-state index contributed by atoms with van der Waals surface area (Å²) in [5, 5.41) is 20.7. The van der Waals surface area contributed by atoms with E-state index in [1.807, 2.05) is 12.1 Å². The van der Waals surface area contributed by atoms with Gasteiger partial charge in [0.2, 0.25) is 0 Å². The van der Waals surface area contributed by atoms with Crippen LogP contribution in [0.25, 0.3) is 0 Å². The minimum absolute atomic E-state index is 0.0523. The van der Waals surface area contributed by atoms with Gasteiger partial charge in [-0.25, -0.2) is 0 Å². The molecule has 0 spiro atoms. The first-order chi connectivity index (χ1) is 11.9. The number of benzene rings is 1. The summed E-state index contributed by atoms with van der Waals surface area (Å²) in [6.07, 6.45) is 4.23. The lowest BCUT2D eigenvalue weighted by atomic mass is 9.86. The SMILES string of the molecule is COc1ccc([C@](C)(O)[C@@H]2CCCN2C(=O)c2cncc(O)c2)cc1. The molecule has 1 fully saturated rings. The number of carbonyl (C=O) groups is 1. The number of nitrogens with zero attached hydrogens (tertiary/aromatic N) is 2. The highest BCUT2D eigenvalue weighted by molar-refractivity contribution is 5.94. The fourth-order valence-electron chi connectivity index (χ4n) is 3.43. The van der Waals surface area contributed by atoms with E-state index in [1.165, 1.54) is 18.5 Å². The zero-order valence-corrected chi connectivity index (χ0v) is 14.3. The molecule has 0 saturated carbocycles.